The zero-order valence-corrected chi connectivity index (χ0v) is 18.1. The summed E-state index contributed by atoms with van der Waals surface area (Å²) in [5, 5.41) is 14.9. The van der Waals surface area contributed by atoms with Crippen LogP contribution in [0.1, 0.15) is 48.2 Å². The van der Waals surface area contributed by atoms with Crippen LogP contribution in [-0.4, -0.2) is 27.1 Å². The second-order valence-electron chi connectivity index (χ2n) is 10.4. The van der Waals surface area contributed by atoms with Crippen LogP contribution in [0, 0.1) is 10.8 Å². The average Bonchev–Trinajstić information content (AvgIpc) is 3.19. The lowest BCUT2D eigenvalue weighted by molar-refractivity contribution is -0.236. The van der Waals surface area contributed by atoms with E-state index in [1.165, 1.54) is 0 Å². The molecule has 4 aliphatic carbocycles. The van der Waals surface area contributed by atoms with Crippen molar-refractivity contribution in [2.45, 2.75) is 44.2 Å². The van der Waals surface area contributed by atoms with Gasteiger partial charge in [0.2, 0.25) is 0 Å². The number of furan rings is 1. The van der Waals surface area contributed by atoms with E-state index in [9.17, 15) is 14.7 Å². The number of nitrogens with zero attached hydrogens (tertiary/aromatic N) is 1. The molecule has 2 bridgehead atoms. The van der Waals surface area contributed by atoms with E-state index in [4.69, 9.17) is 4.42 Å². The predicted molar refractivity (Wildman–Crippen MR) is 123 cm³/mol. The molecule has 1 amide bonds. The molecule has 4 aromatic rings. The number of amides is 1. The van der Waals surface area contributed by atoms with Gasteiger partial charge in [-0.25, -0.2) is 0 Å². The molecule has 0 unspecified atom stereocenters. The van der Waals surface area contributed by atoms with Crippen molar-refractivity contribution >= 4 is 33.7 Å². The monoisotopic (exact) mass is 440 g/mol. The molecule has 2 aromatic carbocycles. The van der Waals surface area contributed by atoms with Gasteiger partial charge in [-0.15, -0.1) is 0 Å². The first-order valence-corrected chi connectivity index (χ1v) is 11.5. The van der Waals surface area contributed by atoms with Crippen LogP contribution < -0.4 is 5.32 Å². The molecule has 33 heavy (non-hydrogen) atoms. The number of hydrogen-bond acceptors (Lipinski definition) is 3. The molecule has 2 aromatic heterocycles. The largest absolute Gasteiger partial charge is 0.481 e. The molecular weight excluding hydrogens is 416 g/mol. The molecule has 2 N–H and O–H groups in total. The van der Waals surface area contributed by atoms with Gasteiger partial charge in [0.05, 0.1) is 23.0 Å². The smallest absolute Gasteiger partial charge is 0.309 e. The molecule has 8 rings (SSSR count). The number of rotatable bonds is 6. The lowest BCUT2D eigenvalue weighted by atomic mass is 9.32. The first-order valence-electron chi connectivity index (χ1n) is 11.5. The number of fused-ring (bicyclic) bond motifs is 2. The molecule has 4 fully saturated rings. The maximum Gasteiger partial charge on any atom is 0.309 e. The number of aliphatic carboxylic acids is 1. The number of nitrogens with one attached hydrogen (secondary N) is 1. The number of aromatic nitrogens is 1. The summed E-state index contributed by atoms with van der Waals surface area (Å²) in [4.78, 5) is 25.0. The van der Waals surface area contributed by atoms with Crippen molar-refractivity contribution in [2.24, 2.45) is 10.8 Å². The lowest BCUT2D eigenvalue weighted by Gasteiger charge is -2.71. The summed E-state index contributed by atoms with van der Waals surface area (Å²) in [6.45, 7) is 0.540. The van der Waals surface area contributed by atoms with E-state index in [1.807, 2.05) is 60.8 Å². The Kier molecular flexibility index (Phi) is 3.49. The van der Waals surface area contributed by atoms with Gasteiger partial charge in [-0.1, -0.05) is 30.3 Å². The maximum absolute atomic E-state index is 13.5. The number of benzene rings is 2. The summed E-state index contributed by atoms with van der Waals surface area (Å²) >= 11 is 0. The third-order valence-corrected chi connectivity index (χ3v) is 8.44. The van der Waals surface area contributed by atoms with E-state index in [1.54, 1.807) is 0 Å². The number of para-hydroxylation sites is 2. The molecular formula is C27H24N2O4. The van der Waals surface area contributed by atoms with E-state index < -0.39 is 11.4 Å². The minimum absolute atomic E-state index is 0.0226. The van der Waals surface area contributed by atoms with Crippen LogP contribution >= 0.6 is 0 Å². The molecule has 0 atom stereocenters. The minimum atomic E-state index is -0.681. The van der Waals surface area contributed by atoms with Crippen LogP contribution in [0.5, 0.6) is 0 Å². The molecule has 0 saturated heterocycles. The van der Waals surface area contributed by atoms with Gasteiger partial charge in [0.15, 0.2) is 0 Å². The maximum atomic E-state index is 13.5. The molecule has 166 valence electrons. The van der Waals surface area contributed by atoms with Gasteiger partial charge >= 0.3 is 5.97 Å². The number of carbonyl (C=O) groups is 2. The van der Waals surface area contributed by atoms with E-state index in [-0.39, 0.29) is 16.9 Å². The molecule has 0 spiro atoms. The van der Waals surface area contributed by atoms with Crippen LogP contribution in [0.25, 0.3) is 21.9 Å². The van der Waals surface area contributed by atoms with Gasteiger partial charge in [0, 0.05) is 22.5 Å². The third-order valence-electron chi connectivity index (χ3n) is 8.44. The summed E-state index contributed by atoms with van der Waals surface area (Å²) in [7, 11) is 0. The van der Waals surface area contributed by atoms with Gasteiger partial charge in [0.1, 0.15) is 11.3 Å². The normalized spacial score (nSPS) is 26.5. The Balaban J connectivity index is 1.18. The molecule has 2 heterocycles. The Labute approximate surface area is 190 Å². The van der Waals surface area contributed by atoms with Crippen molar-refractivity contribution in [3.63, 3.8) is 0 Å². The minimum Gasteiger partial charge on any atom is -0.481 e. The first-order chi connectivity index (χ1) is 15.9. The van der Waals surface area contributed by atoms with Gasteiger partial charge in [0.25, 0.3) is 5.91 Å². The number of carboxylic acids is 1. The Bertz CT molecular complexity index is 1420. The Morgan fingerprint density at radius 2 is 1.76 bits per heavy atom. The molecule has 6 heteroatoms. The van der Waals surface area contributed by atoms with Crippen molar-refractivity contribution in [2.75, 3.05) is 0 Å². The second-order valence-corrected chi connectivity index (χ2v) is 10.4. The van der Waals surface area contributed by atoms with Crippen LogP contribution in [-0.2, 0) is 11.3 Å². The second kappa shape index (κ2) is 6.07. The topological polar surface area (TPSA) is 84.5 Å². The standard InChI is InChI=1S/C27H24N2O4/c30-23(28-27(9-10-27)26-14-25(15-26,16-26)24(31)32)20-6-3-5-17-8-11-29(22(17)20)13-19-12-18-4-1-2-7-21(18)33-19/h1-8,11-12H,9-10,13-16H2,(H,28,30)(H,31,32). The van der Waals surface area contributed by atoms with E-state index >= 15 is 0 Å². The Morgan fingerprint density at radius 3 is 2.48 bits per heavy atom. The van der Waals surface area contributed by atoms with Gasteiger partial charge in [-0.05, 0) is 61.8 Å². The average molecular weight is 440 g/mol. The van der Waals surface area contributed by atoms with Crippen molar-refractivity contribution < 1.29 is 19.1 Å². The number of carbonyl (C=O) groups excluding carboxylic acids is 1. The summed E-state index contributed by atoms with van der Waals surface area (Å²) < 4.78 is 8.08. The quantitative estimate of drug-likeness (QED) is 0.444. The third kappa shape index (κ3) is 2.49. The number of carboxylic acid groups (broad SMARTS) is 1. The molecule has 6 nitrogen and oxygen atoms in total. The van der Waals surface area contributed by atoms with Gasteiger partial charge in [-0.2, -0.15) is 0 Å². The predicted octanol–water partition coefficient (Wildman–Crippen LogP) is 4.95. The highest BCUT2D eigenvalue weighted by Crippen LogP contribution is 2.81. The highest BCUT2D eigenvalue weighted by molar-refractivity contribution is 6.06. The highest BCUT2D eigenvalue weighted by Gasteiger charge is 2.81. The molecule has 4 saturated carbocycles. The van der Waals surface area contributed by atoms with Crippen molar-refractivity contribution in [1.82, 2.24) is 9.88 Å². The highest BCUT2D eigenvalue weighted by atomic mass is 16.4. The fourth-order valence-electron chi connectivity index (χ4n) is 6.58. The van der Waals surface area contributed by atoms with Crippen molar-refractivity contribution in [3.05, 3.63) is 72.1 Å². The zero-order valence-electron chi connectivity index (χ0n) is 18.1. The van der Waals surface area contributed by atoms with Crippen LogP contribution in [0.15, 0.2) is 65.2 Å². The molecule has 4 aliphatic rings. The first kappa shape index (κ1) is 19.0. The molecule has 0 aliphatic heterocycles. The van der Waals surface area contributed by atoms with Gasteiger partial charge in [-0.3, -0.25) is 9.59 Å². The summed E-state index contributed by atoms with van der Waals surface area (Å²) in [5.74, 6) is 0.0897. The van der Waals surface area contributed by atoms with Crippen LogP contribution in [0.4, 0.5) is 0 Å². The summed E-state index contributed by atoms with van der Waals surface area (Å²) in [6.07, 6.45) is 5.96. The Hall–Kier alpha value is -3.54. The van der Waals surface area contributed by atoms with E-state index in [0.29, 0.717) is 31.4 Å². The Morgan fingerprint density at radius 1 is 1.00 bits per heavy atom. The van der Waals surface area contributed by atoms with E-state index in [2.05, 4.69) is 9.88 Å². The van der Waals surface area contributed by atoms with Crippen LogP contribution in [0.3, 0.4) is 0 Å². The molecule has 0 radical (unpaired) electrons. The van der Waals surface area contributed by atoms with Crippen molar-refractivity contribution in [1.29, 1.82) is 0 Å². The van der Waals surface area contributed by atoms with Crippen LogP contribution in [0.2, 0.25) is 0 Å². The van der Waals surface area contributed by atoms with Crippen molar-refractivity contribution in [3.8, 4) is 0 Å². The lowest BCUT2D eigenvalue weighted by Crippen LogP contribution is -2.73. The summed E-state index contributed by atoms with van der Waals surface area (Å²) in [6, 6.07) is 17.8. The number of hydrogen-bond donors (Lipinski definition) is 2. The van der Waals surface area contributed by atoms with Gasteiger partial charge < -0.3 is 19.4 Å². The van der Waals surface area contributed by atoms with E-state index in [0.717, 1.165) is 40.5 Å². The fourth-order valence-corrected chi connectivity index (χ4v) is 6.58. The zero-order chi connectivity index (χ0) is 22.4. The SMILES string of the molecule is O=C(NC1(C23CC(C(=O)O)(C2)C3)CC1)c1cccc2ccn(Cc3cc4ccccc4o3)c12. The fraction of sp³-hybridized carbons (Fsp3) is 0.333. The summed E-state index contributed by atoms with van der Waals surface area (Å²) in [5.41, 5.74) is 1.62.